The summed E-state index contributed by atoms with van der Waals surface area (Å²) in [6.45, 7) is 0.209. The van der Waals surface area contributed by atoms with E-state index in [1.54, 1.807) is 30.3 Å². The minimum absolute atomic E-state index is 0.155. The molecule has 0 aromatic heterocycles. The monoisotopic (exact) mass is 470 g/mol. The zero-order valence-electron chi connectivity index (χ0n) is 16.6. The molecular formula is C24H17Cl2FN2O3. The Morgan fingerprint density at radius 2 is 1.66 bits per heavy atom. The van der Waals surface area contributed by atoms with Crippen LogP contribution in [0, 0.1) is 11.7 Å². The van der Waals surface area contributed by atoms with Crippen molar-refractivity contribution in [2.45, 2.75) is 13.0 Å². The van der Waals surface area contributed by atoms with Gasteiger partial charge in [0.15, 0.2) is 5.78 Å². The molecule has 32 heavy (non-hydrogen) atoms. The van der Waals surface area contributed by atoms with Gasteiger partial charge in [0.1, 0.15) is 11.7 Å². The first kappa shape index (κ1) is 22.0. The fraction of sp³-hybridized carbons (Fsp3) is 0.125. The smallest absolute Gasteiger partial charge is 0.251 e. The lowest BCUT2D eigenvalue weighted by molar-refractivity contribution is -0.118. The zero-order valence-corrected chi connectivity index (χ0v) is 18.1. The first-order valence-corrected chi connectivity index (χ1v) is 10.5. The van der Waals surface area contributed by atoms with Crippen LogP contribution in [0.25, 0.3) is 0 Å². The number of Topliss-reactive ketones (excluding diaryl/α,β-unsaturated/α-hetero) is 1. The molecule has 2 N–H and O–H groups in total. The maximum Gasteiger partial charge on any atom is 0.251 e. The summed E-state index contributed by atoms with van der Waals surface area (Å²) in [5, 5.41) is 6.20. The number of halogens is 3. The van der Waals surface area contributed by atoms with Gasteiger partial charge in [0.2, 0.25) is 5.91 Å². The lowest BCUT2D eigenvalue weighted by Gasteiger charge is -2.24. The van der Waals surface area contributed by atoms with Gasteiger partial charge in [-0.1, -0.05) is 41.4 Å². The zero-order chi connectivity index (χ0) is 22.8. The van der Waals surface area contributed by atoms with Gasteiger partial charge in [-0.25, -0.2) is 4.39 Å². The van der Waals surface area contributed by atoms with E-state index in [0.717, 1.165) is 5.56 Å². The number of hydrogen-bond acceptors (Lipinski definition) is 3. The van der Waals surface area contributed by atoms with Crippen LogP contribution < -0.4 is 10.6 Å². The first-order valence-electron chi connectivity index (χ1n) is 9.77. The van der Waals surface area contributed by atoms with E-state index in [1.165, 1.54) is 30.3 Å². The van der Waals surface area contributed by atoms with Crippen molar-refractivity contribution in [3.63, 3.8) is 0 Å². The fourth-order valence-electron chi connectivity index (χ4n) is 3.50. The summed E-state index contributed by atoms with van der Waals surface area (Å²) < 4.78 is 13.0. The third-order valence-electron chi connectivity index (χ3n) is 5.23. The summed E-state index contributed by atoms with van der Waals surface area (Å²) in [5.41, 5.74) is 2.35. The Balaban J connectivity index is 1.51. The molecule has 0 saturated heterocycles. The molecule has 1 unspecified atom stereocenters. The molecule has 5 nitrogen and oxygen atoms in total. The summed E-state index contributed by atoms with van der Waals surface area (Å²) in [6, 6.07) is 15.3. The molecule has 1 aliphatic heterocycles. The van der Waals surface area contributed by atoms with Crippen LogP contribution in [-0.4, -0.2) is 17.6 Å². The van der Waals surface area contributed by atoms with Gasteiger partial charge < -0.3 is 10.6 Å². The Kier molecular flexibility index (Phi) is 6.26. The second kappa shape index (κ2) is 9.10. The van der Waals surface area contributed by atoms with Crippen LogP contribution in [0.15, 0.2) is 60.7 Å². The fourth-order valence-corrected chi connectivity index (χ4v) is 3.82. The summed E-state index contributed by atoms with van der Waals surface area (Å²) in [7, 11) is 0. The second-order valence-electron chi connectivity index (χ2n) is 7.43. The molecule has 3 aromatic carbocycles. The molecule has 8 heteroatoms. The number of carbonyl (C=O) groups excluding carboxylic acids is 3. The number of benzene rings is 3. The van der Waals surface area contributed by atoms with Crippen molar-refractivity contribution in [2.24, 2.45) is 5.92 Å². The van der Waals surface area contributed by atoms with Crippen molar-refractivity contribution in [1.29, 1.82) is 0 Å². The molecule has 3 aromatic rings. The van der Waals surface area contributed by atoms with Gasteiger partial charge in [-0.3, -0.25) is 14.4 Å². The van der Waals surface area contributed by atoms with Gasteiger partial charge in [-0.05, 0) is 60.0 Å². The highest BCUT2D eigenvalue weighted by Gasteiger charge is 2.34. The molecule has 0 bridgehead atoms. The summed E-state index contributed by atoms with van der Waals surface area (Å²) >= 11 is 12.0. The molecule has 0 fully saturated rings. The standard InChI is InChI=1S/C24H17Cl2FN2O3/c25-19-7-3-14(10-20(19)26)9-18-22(30)17-11-15(4-8-21(17)29-24(18)32)23(31)28-12-13-1-5-16(27)6-2-13/h1-8,10-11,18H,9,12H2,(H,28,31)(H,29,32). The Hall–Kier alpha value is -3.22. The number of anilines is 1. The quantitative estimate of drug-likeness (QED) is 0.511. The number of amides is 2. The van der Waals surface area contributed by atoms with Crippen molar-refractivity contribution in [2.75, 3.05) is 5.32 Å². The molecule has 0 radical (unpaired) electrons. The summed E-state index contributed by atoms with van der Waals surface area (Å²) in [5.74, 6) is -2.48. The first-order chi connectivity index (χ1) is 15.3. The van der Waals surface area contributed by atoms with E-state index >= 15 is 0 Å². The lowest BCUT2D eigenvalue weighted by atomic mass is 9.86. The van der Waals surface area contributed by atoms with Crippen LogP contribution >= 0.6 is 23.2 Å². The Bertz CT molecular complexity index is 1230. The number of carbonyl (C=O) groups is 3. The van der Waals surface area contributed by atoms with Crippen molar-refractivity contribution in [1.82, 2.24) is 5.32 Å². The Morgan fingerprint density at radius 3 is 2.38 bits per heavy atom. The van der Waals surface area contributed by atoms with Crippen LogP contribution in [0.3, 0.4) is 0 Å². The topological polar surface area (TPSA) is 75.3 Å². The van der Waals surface area contributed by atoms with E-state index in [4.69, 9.17) is 23.2 Å². The van der Waals surface area contributed by atoms with E-state index in [1.807, 2.05) is 0 Å². The van der Waals surface area contributed by atoms with Gasteiger partial charge in [0.25, 0.3) is 5.91 Å². The predicted molar refractivity (Wildman–Crippen MR) is 121 cm³/mol. The van der Waals surface area contributed by atoms with E-state index in [9.17, 15) is 18.8 Å². The minimum atomic E-state index is -0.947. The highest BCUT2D eigenvalue weighted by Crippen LogP contribution is 2.30. The number of hydrogen-bond donors (Lipinski definition) is 2. The van der Waals surface area contributed by atoms with E-state index in [-0.39, 0.29) is 41.6 Å². The van der Waals surface area contributed by atoms with Crippen LogP contribution in [0.4, 0.5) is 10.1 Å². The summed E-state index contributed by atoms with van der Waals surface area (Å²) in [4.78, 5) is 38.2. The van der Waals surface area contributed by atoms with Crippen LogP contribution in [0.1, 0.15) is 31.8 Å². The number of fused-ring (bicyclic) bond motifs is 1. The molecule has 0 spiro atoms. The molecule has 0 aliphatic carbocycles. The van der Waals surface area contributed by atoms with E-state index in [2.05, 4.69) is 10.6 Å². The maximum atomic E-state index is 13.1. The van der Waals surface area contributed by atoms with Gasteiger partial charge in [-0.2, -0.15) is 0 Å². The van der Waals surface area contributed by atoms with Crippen molar-refractivity contribution < 1.29 is 18.8 Å². The van der Waals surface area contributed by atoms with Gasteiger partial charge in [0.05, 0.1) is 15.7 Å². The van der Waals surface area contributed by atoms with Crippen LogP contribution in [0.2, 0.25) is 10.0 Å². The van der Waals surface area contributed by atoms with Gasteiger partial charge >= 0.3 is 0 Å². The molecule has 162 valence electrons. The third-order valence-corrected chi connectivity index (χ3v) is 5.97. The second-order valence-corrected chi connectivity index (χ2v) is 8.24. The molecule has 1 aliphatic rings. The Morgan fingerprint density at radius 1 is 0.938 bits per heavy atom. The lowest BCUT2D eigenvalue weighted by Crippen LogP contribution is -2.37. The van der Waals surface area contributed by atoms with Gasteiger partial charge in [-0.15, -0.1) is 0 Å². The SMILES string of the molecule is O=C(NCc1ccc(F)cc1)c1ccc2c(c1)C(=O)C(Cc1ccc(Cl)c(Cl)c1)C(=O)N2. The minimum Gasteiger partial charge on any atom is -0.348 e. The highest BCUT2D eigenvalue weighted by molar-refractivity contribution is 6.42. The van der Waals surface area contributed by atoms with Crippen molar-refractivity contribution >= 4 is 46.5 Å². The average molecular weight is 471 g/mol. The highest BCUT2D eigenvalue weighted by atomic mass is 35.5. The number of nitrogens with one attached hydrogen (secondary N) is 2. The molecule has 1 atom stereocenters. The van der Waals surface area contributed by atoms with Gasteiger partial charge in [0, 0.05) is 17.7 Å². The maximum absolute atomic E-state index is 13.1. The van der Waals surface area contributed by atoms with Crippen LogP contribution in [0.5, 0.6) is 0 Å². The molecule has 2 amide bonds. The van der Waals surface area contributed by atoms with E-state index < -0.39 is 11.8 Å². The molecule has 4 rings (SSSR count). The molecule has 0 saturated carbocycles. The normalized spacial score (nSPS) is 15.2. The van der Waals surface area contributed by atoms with Crippen molar-refractivity contribution in [3.8, 4) is 0 Å². The average Bonchev–Trinajstić information content (AvgIpc) is 2.78. The summed E-state index contributed by atoms with van der Waals surface area (Å²) in [6.07, 6.45) is 0.155. The van der Waals surface area contributed by atoms with Crippen molar-refractivity contribution in [3.05, 3.63) is 98.8 Å². The molecule has 1 heterocycles. The third kappa shape index (κ3) is 4.66. The Labute approximate surface area is 193 Å². The largest absolute Gasteiger partial charge is 0.348 e. The molecular weight excluding hydrogens is 454 g/mol. The number of rotatable bonds is 5. The predicted octanol–water partition coefficient (Wildman–Crippen LogP) is 5.06. The number of ketones is 1. The van der Waals surface area contributed by atoms with Crippen LogP contribution in [-0.2, 0) is 17.8 Å². The van der Waals surface area contributed by atoms with E-state index in [0.29, 0.717) is 21.3 Å².